The normalized spacial score (nSPS) is 12.5. The van der Waals surface area contributed by atoms with Gasteiger partial charge in [-0.15, -0.1) is 0 Å². The van der Waals surface area contributed by atoms with Crippen LogP contribution in [0.1, 0.15) is 31.4 Å². The summed E-state index contributed by atoms with van der Waals surface area (Å²) in [5.74, 6) is -0.150. The number of nitrogens with zero attached hydrogens (tertiary/aromatic N) is 1. The van der Waals surface area contributed by atoms with Gasteiger partial charge in [-0.25, -0.2) is 0 Å². The first-order valence-corrected chi connectivity index (χ1v) is 13.8. The van der Waals surface area contributed by atoms with Crippen LogP contribution < -0.4 is 10.1 Å². The third-order valence-corrected chi connectivity index (χ3v) is 7.31. The van der Waals surface area contributed by atoms with E-state index in [9.17, 15) is 9.59 Å². The molecule has 9 heteroatoms. The maximum atomic E-state index is 13.7. The van der Waals surface area contributed by atoms with E-state index in [0.717, 1.165) is 12.0 Å². The minimum Gasteiger partial charge on any atom is -0.483 e. The van der Waals surface area contributed by atoms with E-state index in [1.165, 1.54) is 4.90 Å². The minimum atomic E-state index is -0.798. The number of carbonyl (C=O) groups is 2. The number of hydrogen-bond acceptors (Lipinski definition) is 3. The molecular weight excluding hydrogens is 599 g/mol. The number of hydrogen-bond donors (Lipinski definition) is 1. The second-order valence-corrected chi connectivity index (χ2v) is 10.8. The van der Waals surface area contributed by atoms with Crippen molar-refractivity contribution >= 4 is 62.5 Å². The Morgan fingerprint density at radius 1 is 1.00 bits per heavy atom. The lowest BCUT2D eigenvalue weighted by Crippen LogP contribution is -2.53. The first kappa shape index (κ1) is 29.3. The molecule has 3 aromatic carbocycles. The number of rotatable bonds is 11. The van der Waals surface area contributed by atoms with Crippen molar-refractivity contribution in [2.45, 2.75) is 45.3 Å². The lowest BCUT2D eigenvalue weighted by atomic mass is 10.0. The molecular formula is C28H28BrCl3N2O3. The number of amides is 2. The van der Waals surface area contributed by atoms with Crippen molar-refractivity contribution in [2.75, 3.05) is 6.61 Å². The summed E-state index contributed by atoms with van der Waals surface area (Å²) in [7, 11) is 0. The highest BCUT2D eigenvalue weighted by Gasteiger charge is 2.31. The highest BCUT2D eigenvalue weighted by molar-refractivity contribution is 9.10. The molecule has 0 radical (unpaired) electrons. The van der Waals surface area contributed by atoms with E-state index in [4.69, 9.17) is 39.5 Å². The second-order valence-electron chi connectivity index (χ2n) is 8.64. The van der Waals surface area contributed by atoms with Gasteiger partial charge in [0.25, 0.3) is 5.91 Å². The molecule has 0 spiro atoms. The van der Waals surface area contributed by atoms with Crippen LogP contribution in [0.15, 0.2) is 71.2 Å². The standard InChI is InChI=1S/C28H28BrCl3N2O3/c1-3-18(2)33-28(36)25(13-19-7-5-4-6-8-19)34(16-20-9-10-22(31)15-24(20)32)27(35)17-37-26-12-11-21(30)14-23(26)29/h4-12,14-15,18,25H,3,13,16-17H2,1-2H3,(H,33,36)/t18-,25+/m0/s1. The van der Waals surface area contributed by atoms with Crippen molar-refractivity contribution in [1.29, 1.82) is 0 Å². The van der Waals surface area contributed by atoms with E-state index in [1.807, 2.05) is 44.2 Å². The Labute approximate surface area is 241 Å². The van der Waals surface area contributed by atoms with Gasteiger partial charge in [-0.1, -0.05) is 78.1 Å². The van der Waals surface area contributed by atoms with Crippen LogP contribution in [0.25, 0.3) is 0 Å². The van der Waals surface area contributed by atoms with E-state index >= 15 is 0 Å². The Morgan fingerprint density at radius 3 is 2.32 bits per heavy atom. The van der Waals surface area contributed by atoms with E-state index in [1.54, 1.807) is 36.4 Å². The predicted molar refractivity (Wildman–Crippen MR) is 153 cm³/mol. The summed E-state index contributed by atoms with van der Waals surface area (Å²) in [6.45, 7) is 3.74. The maximum Gasteiger partial charge on any atom is 0.261 e. The topological polar surface area (TPSA) is 58.6 Å². The highest BCUT2D eigenvalue weighted by Crippen LogP contribution is 2.29. The van der Waals surface area contributed by atoms with Crippen LogP contribution in [0.4, 0.5) is 0 Å². The fourth-order valence-electron chi connectivity index (χ4n) is 3.64. The zero-order valence-corrected chi connectivity index (χ0v) is 24.4. The van der Waals surface area contributed by atoms with Gasteiger partial charge < -0.3 is 15.0 Å². The molecule has 3 rings (SSSR count). The molecule has 196 valence electrons. The number of halogens is 4. The molecule has 2 atom stereocenters. The molecule has 0 aromatic heterocycles. The highest BCUT2D eigenvalue weighted by atomic mass is 79.9. The SMILES string of the molecule is CC[C@H](C)NC(=O)[C@@H](Cc1ccccc1)N(Cc1ccc(Cl)cc1Cl)C(=O)COc1ccc(Cl)cc1Br. The van der Waals surface area contributed by atoms with Gasteiger partial charge >= 0.3 is 0 Å². The third-order valence-electron chi connectivity index (χ3n) is 5.87. The molecule has 0 bridgehead atoms. The molecule has 0 fully saturated rings. The van der Waals surface area contributed by atoms with Crippen molar-refractivity contribution in [3.05, 3.63) is 97.4 Å². The molecule has 0 aliphatic heterocycles. The lowest BCUT2D eigenvalue weighted by Gasteiger charge is -2.32. The molecule has 0 aliphatic rings. The smallest absolute Gasteiger partial charge is 0.261 e. The number of benzene rings is 3. The zero-order valence-electron chi connectivity index (χ0n) is 20.5. The molecule has 0 aliphatic carbocycles. The molecule has 0 saturated heterocycles. The van der Waals surface area contributed by atoms with Gasteiger partial charge in [-0.2, -0.15) is 0 Å². The minimum absolute atomic E-state index is 0.0527. The van der Waals surface area contributed by atoms with Crippen LogP contribution >= 0.6 is 50.7 Å². The Morgan fingerprint density at radius 2 is 1.68 bits per heavy atom. The van der Waals surface area contributed by atoms with Gasteiger partial charge in [0.15, 0.2) is 6.61 Å². The Balaban J connectivity index is 1.95. The van der Waals surface area contributed by atoms with Gasteiger partial charge in [0.05, 0.1) is 4.47 Å². The van der Waals surface area contributed by atoms with Crippen molar-refractivity contribution in [2.24, 2.45) is 0 Å². The monoisotopic (exact) mass is 624 g/mol. The summed E-state index contributed by atoms with van der Waals surface area (Å²) >= 11 is 22.0. The van der Waals surface area contributed by atoms with Crippen LogP contribution in [0.2, 0.25) is 15.1 Å². The van der Waals surface area contributed by atoms with Crippen molar-refractivity contribution in [1.82, 2.24) is 10.2 Å². The summed E-state index contributed by atoms with van der Waals surface area (Å²) in [5, 5.41) is 4.46. The summed E-state index contributed by atoms with van der Waals surface area (Å²) in [6, 6.07) is 18.9. The first-order chi connectivity index (χ1) is 17.7. The van der Waals surface area contributed by atoms with Gasteiger partial charge in [-0.05, 0) is 70.7 Å². The second kappa shape index (κ2) is 14.1. The van der Waals surface area contributed by atoms with Crippen LogP contribution in [-0.4, -0.2) is 35.4 Å². The quantitative estimate of drug-likeness (QED) is 0.242. The van der Waals surface area contributed by atoms with E-state index < -0.39 is 6.04 Å². The molecule has 5 nitrogen and oxygen atoms in total. The Bertz CT molecular complexity index is 1230. The first-order valence-electron chi connectivity index (χ1n) is 11.8. The van der Waals surface area contributed by atoms with Gasteiger partial charge in [0, 0.05) is 34.1 Å². The van der Waals surface area contributed by atoms with Crippen LogP contribution in [-0.2, 0) is 22.6 Å². The molecule has 0 unspecified atom stereocenters. The maximum absolute atomic E-state index is 13.7. The predicted octanol–water partition coefficient (Wildman–Crippen LogP) is 7.34. The lowest BCUT2D eigenvalue weighted by molar-refractivity contribution is -0.143. The Kier molecular flexibility index (Phi) is 11.1. The average Bonchev–Trinajstić information content (AvgIpc) is 2.87. The molecule has 2 amide bonds. The summed E-state index contributed by atoms with van der Waals surface area (Å²) < 4.78 is 6.44. The van der Waals surface area contributed by atoms with Gasteiger partial charge in [-0.3, -0.25) is 9.59 Å². The number of ether oxygens (including phenoxy) is 1. The van der Waals surface area contributed by atoms with E-state index in [0.29, 0.717) is 37.3 Å². The van der Waals surface area contributed by atoms with Crippen molar-refractivity contribution < 1.29 is 14.3 Å². The van der Waals surface area contributed by atoms with Crippen LogP contribution in [0.5, 0.6) is 5.75 Å². The fraction of sp³-hybridized carbons (Fsp3) is 0.286. The van der Waals surface area contributed by atoms with E-state index in [-0.39, 0.29) is 31.0 Å². The summed E-state index contributed by atoms with van der Waals surface area (Å²) in [5.41, 5.74) is 1.59. The summed E-state index contributed by atoms with van der Waals surface area (Å²) in [6.07, 6.45) is 1.08. The summed E-state index contributed by atoms with van der Waals surface area (Å²) in [4.78, 5) is 28.7. The Hall–Kier alpha value is -2.25. The van der Waals surface area contributed by atoms with Crippen LogP contribution in [0.3, 0.4) is 0 Å². The molecule has 1 N–H and O–H groups in total. The molecule has 0 saturated carbocycles. The number of nitrogens with one attached hydrogen (secondary N) is 1. The largest absolute Gasteiger partial charge is 0.483 e. The molecule has 3 aromatic rings. The van der Waals surface area contributed by atoms with Crippen molar-refractivity contribution in [3.8, 4) is 5.75 Å². The fourth-order valence-corrected chi connectivity index (χ4v) is 4.91. The van der Waals surface area contributed by atoms with E-state index in [2.05, 4.69) is 21.2 Å². The molecule has 0 heterocycles. The third kappa shape index (κ3) is 8.64. The van der Waals surface area contributed by atoms with Gasteiger partial charge in [0.2, 0.25) is 5.91 Å². The van der Waals surface area contributed by atoms with Gasteiger partial charge in [0.1, 0.15) is 11.8 Å². The zero-order chi connectivity index (χ0) is 26.9. The van der Waals surface area contributed by atoms with Crippen LogP contribution in [0, 0.1) is 0 Å². The average molecular weight is 627 g/mol. The van der Waals surface area contributed by atoms with Crippen molar-refractivity contribution in [3.63, 3.8) is 0 Å². The number of carbonyl (C=O) groups excluding carboxylic acids is 2. The molecule has 37 heavy (non-hydrogen) atoms.